The second-order valence-corrected chi connectivity index (χ2v) is 17.7. The van der Waals surface area contributed by atoms with Crippen LogP contribution in [0.4, 0.5) is 8.78 Å². The largest absolute Gasteiger partial charge is 0.461 e. The molecule has 0 aromatic heterocycles. The van der Waals surface area contributed by atoms with Crippen LogP contribution in [0.5, 0.6) is 0 Å². The van der Waals surface area contributed by atoms with Gasteiger partial charge in [-0.3, -0.25) is 4.79 Å². The van der Waals surface area contributed by atoms with E-state index >= 15 is 8.78 Å². The third-order valence-corrected chi connectivity index (χ3v) is 14.6. The van der Waals surface area contributed by atoms with Crippen molar-refractivity contribution in [3.8, 4) is 0 Å². The molecule has 1 heterocycles. The minimum Gasteiger partial charge on any atom is -0.461 e. The summed E-state index contributed by atoms with van der Waals surface area (Å²) in [6, 6.07) is 0. The molecule has 6 fully saturated rings. The van der Waals surface area contributed by atoms with Crippen molar-refractivity contribution < 1.29 is 33.3 Å². The van der Waals surface area contributed by atoms with Gasteiger partial charge in [-0.15, -0.1) is 0 Å². The van der Waals surface area contributed by atoms with Gasteiger partial charge in [0.2, 0.25) is 0 Å². The number of esters is 1. The summed E-state index contributed by atoms with van der Waals surface area (Å²) >= 11 is 5.99. The highest BCUT2D eigenvalue weighted by Crippen LogP contribution is 2.90. The number of alkyl halides is 2. The molecule has 2 spiro atoms. The Morgan fingerprint density at radius 3 is 2.26 bits per heavy atom. The van der Waals surface area contributed by atoms with E-state index in [1.54, 1.807) is 34.7 Å². The number of aliphatic hydroxyl groups is 2. The number of ether oxygens (including phenoxy) is 2. The fraction of sp³-hybridized carbons (Fsp3) is 0.970. The van der Waals surface area contributed by atoms with Crippen molar-refractivity contribution in [3.63, 3.8) is 0 Å². The molecule has 2 N–H and O–H groups in total. The van der Waals surface area contributed by atoms with E-state index in [4.69, 9.17) is 21.3 Å². The highest BCUT2D eigenvalue weighted by Gasteiger charge is 2.86. The van der Waals surface area contributed by atoms with E-state index in [1.165, 1.54) is 4.42 Å². The van der Waals surface area contributed by atoms with Gasteiger partial charge in [0.1, 0.15) is 12.6 Å². The Hall–Kier alpha value is -0.540. The smallest absolute Gasteiger partial charge is 0.321 e. The van der Waals surface area contributed by atoms with Crippen LogP contribution in [-0.2, 0) is 14.3 Å². The number of likely N-dealkylation sites (N-methyl/N-ethyl adjacent to an activating group) is 1. The average Bonchev–Trinajstić information content (AvgIpc) is 3.20. The molecule has 6 nitrogen and oxygen atoms in total. The topological polar surface area (TPSA) is 79.2 Å². The van der Waals surface area contributed by atoms with E-state index in [1.807, 2.05) is 0 Å². The number of halogens is 3. The molecule has 5 saturated carbocycles. The normalized spacial score (nSPS) is 52.2. The maximum atomic E-state index is 15.6. The molecule has 9 heteroatoms. The van der Waals surface area contributed by atoms with Crippen LogP contribution >= 0.6 is 11.8 Å². The number of hydrogen-bond donors (Lipinski definition) is 2. The van der Waals surface area contributed by atoms with Crippen LogP contribution < -0.4 is 0 Å². The molecular weight excluding hydrogens is 564 g/mol. The molecule has 240 valence electrons. The van der Waals surface area contributed by atoms with Gasteiger partial charge in [-0.1, -0.05) is 27.7 Å². The predicted octanol–water partition coefficient (Wildman–Crippen LogP) is 6.35. The summed E-state index contributed by atoms with van der Waals surface area (Å²) in [4.78, 5) is 13.0. The number of aliphatic hydroxyl groups excluding tert-OH is 1. The van der Waals surface area contributed by atoms with Crippen LogP contribution in [-0.4, -0.2) is 69.6 Å². The van der Waals surface area contributed by atoms with Gasteiger partial charge >= 0.3 is 5.97 Å². The van der Waals surface area contributed by atoms with Gasteiger partial charge < -0.3 is 19.7 Å². The first-order valence-corrected chi connectivity index (χ1v) is 16.5. The van der Waals surface area contributed by atoms with Crippen molar-refractivity contribution >= 4 is 17.7 Å². The quantitative estimate of drug-likeness (QED) is 0.277. The fourth-order valence-corrected chi connectivity index (χ4v) is 12.6. The monoisotopic (exact) mass is 615 g/mol. The van der Waals surface area contributed by atoms with Gasteiger partial charge in [-0.2, -0.15) is 0 Å². The van der Waals surface area contributed by atoms with Gasteiger partial charge in [0.15, 0.2) is 0 Å². The Bertz CT molecular complexity index is 1140. The Morgan fingerprint density at radius 2 is 1.67 bits per heavy atom. The summed E-state index contributed by atoms with van der Waals surface area (Å²) < 4.78 is 45.3. The SMILES string of the molecule is CN(Cl)CC(=O)O[C@H]1C[C@@H]2[C@]3(CC[C@]4(C)[C@@H]([C@]5(C)CC[C@@H](C(C)(C)O)O5)[C@@H](O)C[C@@]24C)C[C@@]32CCC(F)(F)C(C)(C)[C@H]12. The van der Waals surface area contributed by atoms with Crippen LogP contribution in [0.25, 0.3) is 0 Å². The summed E-state index contributed by atoms with van der Waals surface area (Å²) in [6.45, 7) is 13.6. The zero-order chi connectivity index (χ0) is 31.1. The number of hydrogen-bond acceptors (Lipinski definition) is 6. The van der Waals surface area contributed by atoms with Gasteiger partial charge in [0.05, 0.1) is 23.4 Å². The number of carbonyl (C=O) groups excluding carboxylic acids is 1. The first-order valence-electron chi connectivity index (χ1n) is 16.1. The molecule has 0 aromatic rings. The minimum absolute atomic E-state index is 0.0897. The zero-order valence-electron chi connectivity index (χ0n) is 26.7. The van der Waals surface area contributed by atoms with Gasteiger partial charge in [0.25, 0.3) is 5.92 Å². The van der Waals surface area contributed by atoms with E-state index < -0.39 is 46.6 Å². The second kappa shape index (κ2) is 9.04. The molecule has 0 bridgehead atoms. The van der Waals surface area contributed by atoms with E-state index in [0.717, 1.165) is 32.1 Å². The molecule has 0 amide bonds. The van der Waals surface area contributed by atoms with Crippen LogP contribution in [0.1, 0.15) is 106 Å². The van der Waals surface area contributed by atoms with Crippen LogP contribution in [0.3, 0.4) is 0 Å². The molecule has 1 aliphatic heterocycles. The Kier molecular flexibility index (Phi) is 6.77. The van der Waals surface area contributed by atoms with Crippen LogP contribution in [0, 0.1) is 44.8 Å². The fourth-order valence-electron chi connectivity index (χ4n) is 12.5. The van der Waals surface area contributed by atoms with E-state index in [9.17, 15) is 15.0 Å². The summed E-state index contributed by atoms with van der Waals surface area (Å²) in [5, 5.41) is 22.6. The van der Waals surface area contributed by atoms with Crippen LogP contribution in [0.15, 0.2) is 0 Å². The van der Waals surface area contributed by atoms with Crippen LogP contribution in [0.2, 0.25) is 0 Å². The number of carbonyl (C=O) groups is 1. The van der Waals surface area contributed by atoms with Crippen molar-refractivity contribution in [2.75, 3.05) is 13.6 Å². The minimum atomic E-state index is -2.85. The molecular formula is C33H52ClF2NO5. The van der Waals surface area contributed by atoms with Gasteiger partial charge in [-0.25, -0.2) is 13.2 Å². The molecule has 0 aromatic carbocycles. The standard InChI is InChI=1S/C33H52ClF2NO5/c1-26(2)25-20(41-23(39)17-37(8)34)15-21-29(6)16-19(38)24(30(7)10-9-22(42-30)27(3,4)40)28(29,5)11-12-31(21)18-32(25,31)13-14-33(26,35)36/h19-22,24-25,38,40H,9-18H2,1-8H3/t19-,20-,21-,22-,24-,25-,28+,29-,30-,31-,32+/m0/s1. The van der Waals surface area contributed by atoms with E-state index in [2.05, 4.69) is 20.8 Å². The molecule has 6 aliphatic rings. The molecule has 11 atom stereocenters. The number of fused-ring (bicyclic) bond motifs is 2. The average molecular weight is 616 g/mol. The molecule has 42 heavy (non-hydrogen) atoms. The molecule has 1 saturated heterocycles. The van der Waals surface area contributed by atoms with Crippen molar-refractivity contribution in [2.24, 2.45) is 44.8 Å². The molecule has 5 aliphatic carbocycles. The van der Waals surface area contributed by atoms with Gasteiger partial charge in [-0.05, 0) is 111 Å². The lowest BCUT2D eigenvalue weighted by atomic mass is 9.41. The van der Waals surface area contributed by atoms with E-state index in [0.29, 0.717) is 19.3 Å². The Labute approximate surface area is 255 Å². The Balaban J connectivity index is 1.39. The summed E-state index contributed by atoms with van der Waals surface area (Å²) in [7, 11) is 1.58. The second-order valence-electron chi connectivity index (χ2n) is 17.2. The van der Waals surface area contributed by atoms with Crippen molar-refractivity contribution in [3.05, 3.63) is 0 Å². The highest BCUT2D eigenvalue weighted by molar-refractivity contribution is 6.14. The lowest BCUT2D eigenvalue weighted by Gasteiger charge is -2.65. The first kappa shape index (κ1) is 31.4. The highest BCUT2D eigenvalue weighted by atomic mass is 35.5. The van der Waals surface area contributed by atoms with Crippen molar-refractivity contribution in [2.45, 2.75) is 142 Å². The molecule has 0 unspecified atom stereocenters. The number of rotatable bonds is 5. The number of nitrogens with zero attached hydrogens (tertiary/aromatic N) is 1. The molecule has 6 rings (SSSR count). The molecule has 0 radical (unpaired) electrons. The lowest BCUT2D eigenvalue weighted by molar-refractivity contribution is -0.251. The Morgan fingerprint density at radius 1 is 1.02 bits per heavy atom. The summed E-state index contributed by atoms with van der Waals surface area (Å²) in [5.74, 6) is -3.76. The summed E-state index contributed by atoms with van der Waals surface area (Å²) in [6.07, 6.45) is 4.17. The first-order chi connectivity index (χ1) is 19.1. The third-order valence-electron chi connectivity index (χ3n) is 14.5. The maximum Gasteiger partial charge on any atom is 0.321 e. The van der Waals surface area contributed by atoms with E-state index in [-0.39, 0.29) is 52.6 Å². The maximum absolute atomic E-state index is 15.6. The van der Waals surface area contributed by atoms with Gasteiger partial charge in [0, 0.05) is 30.7 Å². The lowest BCUT2D eigenvalue weighted by Crippen LogP contribution is -2.64. The summed E-state index contributed by atoms with van der Waals surface area (Å²) in [5.41, 5.74) is -3.80. The van der Waals surface area contributed by atoms with Crippen molar-refractivity contribution in [1.82, 2.24) is 4.42 Å². The third kappa shape index (κ3) is 3.89. The van der Waals surface area contributed by atoms with Crippen molar-refractivity contribution in [1.29, 1.82) is 0 Å². The predicted molar refractivity (Wildman–Crippen MR) is 156 cm³/mol. The zero-order valence-corrected chi connectivity index (χ0v) is 27.5.